The van der Waals surface area contributed by atoms with Gasteiger partial charge in [-0.3, -0.25) is 0 Å². The van der Waals surface area contributed by atoms with Crippen molar-refractivity contribution in [1.82, 2.24) is 0 Å². The lowest BCUT2D eigenvalue weighted by molar-refractivity contribution is 0.119. The van der Waals surface area contributed by atoms with E-state index in [9.17, 15) is 5.11 Å². The number of allylic oxidation sites excluding steroid dienone is 1. The van der Waals surface area contributed by atoms with Gasteiger partial charge in [0.1, 0.15) is 0 Å². The van der Waals surface area contributed by atoms with Crippen LogP contribution >= 0.6 is 0 Å². The van der Waals surface area contributed by atoms with Gasteiger partial charge in [0.2, 0.25) is 0 Å². The summed E-state index contributed by atoms with van der Waals surface area (Å²) in [5.41, 5.74) is 3.33. The van der Waals surface area contributed by atoms with Crippen LogP contribution in [0.5, 0.6) is 0 Å². The molecule has 0 aliphatic carbocycles. The summed E-state index contributed by atoms with van der Waals surface area (Å²) in [6.45, 7) is 3.24. The first-order chi connectivity index (χ1) is 10.8. The molecule has 2 rings (SSSR count). The maximum Gasteiger partial charge on any atom is 0.0761 e. The van der Waals surface area contributed by atoms with Gasteiger partial charge in [0, 0.05) is 6.61 Å². The summed E-state index contributed by atoms with van der Waals surface area (Å²) in [6, 6.07) is 18.2. The third-order valence-corrected chi connectivity index (χ3v) is 3.50. The highest BCUT2D eigenvalue weighted by Crippen LogP contribution is 2.13. The van der Waals surface area contributed by atoms with Gasteiger partial charge < -0.3 is 9.84 Å². The zero-order valence-electron chi connectivity index (χ0n) is 13.1. The summed E-state index contributed by atoms with van der Waals surface area (Å²) in [5, 5.41) is 9.46. The monoisotopic (exact) mass is 296 g/mol. The zero-order chi connectivity index (χ0) is 15.6. The average Bonchev–Trinajstić information content (AvgIpc) is 2.55. The molecule has 0 saturated carbocycles. The minimum Gasteiger partial charge on any atom is -0.389 e. The van der Waals surface area contributed by atoms with Crippen LogP contribution in [0, 0.1) is 0 Å². The summed E-state index contributed by atoms with van der Waals surface area (Å²) in [5.74, 6) is 0. The highest BCUT2D eigenvalue weighted by Gasteiger charge is 1.98. The Kier molecular flexibility index (Phi) is 6.88. The number of hydrogen-bond acceptors (Lipinski definition) is 2. The number of hydrogen-bond donors (Lipinski definition) is 1. The molecule has 1 N–H and O–H groups in total. The largest absolute Gasteiger partial charge is 0.389 e. The third kappa shape index (κ3) is 5.84. The Morgan fingerprint density at radius 3 is 2.45 bits per heavy atom. The second-order valence-electron chi connectivity index (χ2n) is 5.43. The molecule has 2 aromatic rings. The first-order valence-electron chi connectivity index (χ1n) is 7.82. The normalized spacial score (nSPS) is 12.6. The predicted octanol–water partition coefficient (Wildman–Crippen LogP) is 4.75. The van der Waals surface area contributed by atoms with Crippen LogP contribution in [-0.4, -0.2) is 11.7 Å². The molecule has 0 radical (unpaired) electrons. The Labute approximate surface area is 133 Å². The molecule has 0 spiro atoms. The first-order valence-corrected chi connectivity index (χ1v) is 7.82. The van der Waals surface area contributed by atoms with Gasteiger partial charge in [-0.2, -0.15) is 0 Å². The van der Waals surface area contributed by atoms with E-state index in [0.717, 1.165) is 30.6 Å². The molecular weight excluding hydrogens is 272 g/mol. The zero-order valence-corrected chi connectivity index (χ0v) is 13.1. The topological polar surface area (TPSA) is 29.5 Å². The van der Waals surface area contributed by atoms with E-state index < -0.39 is 6.10 Å². The molecule has 0 heterocycles. The fraction of sp³-hybridized carbons (Fsp3) is 0.300. The number of unbranched alkanes of at least 4 members (excludes halogenated alkanes) is 1. The van der Waals surface area contributed by atoms with Crippen molar-refractivity contribution in [3.05, 3.63) is 77.4 Å². The molecule has 22 heavy (non-hydrogen) atoms. The summed E-state index contributed by atoms with van der Waals surface area (Å²) in [4.78, 5) is 0. The molecule has 0 aliphatic heterocycles. The van der Waals surface area contributed by atoms with Crippen molar-refractivity contribution in [3.63, 3.8) is 0 Å². The fourth-order valence-corrected chi connectivity index (χ4v) is 2.17. The first kappa shape index (κ1) is 16.5. The molecule has 1 unspecified atom stereocenters. The Morgan fingerprint density at radius 2 is 1.77 bits per heavy atom. The smallest absolute Gasteiger partial charge is 0.0761 e. The Bertz CT molecular complexity index is 556. The number of benzene rings is 2. The summed E-state index contributed by atoms with van der Waals surface area (Å²) < 4.78 is 5.65. The predicted molar refractivity (Wildman–Crippen MR) is 91.4 cm³/mol. The van der Waals surface area contributed by atoms with E-state index in [1.807, 2.05) is 42.5 Å². The van der Waals surface area contributed by atoms with Crippen molar-refractivity contribution in [3.8, 4) is 0 Å². The Hall–Kier alpha value is -1.90. The molecule has 0 amide bonds. The lowest BCUT2D eigenvalue weighted by Crippen LogP contribution is -1.94. The van der Waals surface area contributed by atoms with Crippen LogP contribution in [0.3, 0.4) is 0 Å². The van der Waals surface area contributed by atoms with Gasteiger partial charge >= 0.3 is 0 Å². The molecule has 0 fully saturated rings. The molecule has 0 aromatic heterocycles. The fourth-order valence-electron chi connectivity index (χ4n) is 2.17. The number of aliphatic hydroxyl groups is 1. The molecule has 116 valence electrons. The molecule has 0 saturated heterocycles. The van der Waals surface area contributed by atoms with E-state index in [4.69, 9.17) is 4.74 Å². The molecule has 0 aliphatic rings. The van der Waals surface area contributed by atoms with E-state index in [1.165, 1.54) is 5.56 Å². The quantitative estimate of drug-likeness (QED) is 0.712. The van der Waals surface area contributed by atoms with Crippen LogP contribution < -0.4 is 0 Å². The summed E-state index contributed by atoms with van der Waals surface area (Å²) in [6.07, 6.45) is 5.91. The van der Waals surface area contributed by atoms with Gasteiger partial charge in [0.25, 0.3) is 0 Å². The van der Waals surface area contributed by atoms with Gasteiger partial charge in [-0.1, -0.05) is 66.7 Å². The summed E-state index contributed by atoms with van der Waals surface area (Å²) in [7, 11) is 0. The van der Waals surface area contributed by atoms with Crippen molar-refractivity contribution >= 4 is 6.08 Å². The van der Waals surface area contributed by atoms with E-state index in [-0.39, 0.29) is 0 Å². The van der Waals surface area contributed by atoms with Gasteiger partial charge in [-0.05, 0) is 36.5 Å². The van der Waals surface area contributed by atoms with E-state index in [1.54, 1.807) is 6.92 Å². The minimum atomic E-state index is -0.403. The van der Waals surface area contributed by atoms with Crippen LogP contribution in [0.25, 0.3) is 6.08 Å². The molecule has 2 nitrogen and oxygen atoms in total. The van der Waals surface area contributed by atoms with Crippen LogP contribution in [0.2, 0.25) is 0 Å². The Morgan fingerprint density at radius 1 is 1.05 bits per heavy atom. The van der Waals surface area contributed by atoms with E-state index in [2.05, 4.69) is 24.3 Å². The van der Waals surface area contributed by atoms with Gasteiger partial charge in [-0.15, -0.1) is 0 Å². The second kappa shape index (κ2) is 9.19. The van der Waals surface area contributed by atoms with E-state index >= 15 is 0 Å². The van der Waals surface area contributed by atoms with E-state index in [0.29, 0.717) is 6.61 Å². The molecular formula is C20H24O2. The standard InChI is InChI=1S/C20H24O2/c1-17(21)20-13-11-18(12-14-20)8-6-3-7-15-22-16-19-9-4-2-5-10-19/h2,4-6,8-14,17,21H,3,7,15-16H2,1H3/b8-6-. The Balaban J connectivity index is 1.62. The SMILES string of the molecule is CC(O)c1ccc(/C=C\CCCOCc2ccccc2)cc1. The van der Waals surface area contributed by atoms with Gasteiger partial charge in [-0.25, -0.2) is 0 Å². The van der Waals surface area contributed by atoms with Crippen molar-refractivity contribution in [2.45, 2.75) is 32.5 Å². The van der Waals surface area contributed by atoms with Crippen LogP contribution in [0.4, 0.5) is 0 Å². The maximum absolute atomic E-state index is 9.46. The molecule has 1 atom stereocenters. The maximum atomic E-state index is 9.46. The van der Waals surface area contributed by atoms with Crippen LogP contribution in [0.1, 0.15) is 42.6 Å². The second-order valence-corrected chi connectivity index (χ2v) is 5.43. The molecule has 2 heteroatoms. The highest BCUT2D eigenvalue weighted by molar-refractivity contribution is 5.49. The van der Waals surface area contributed by atoms with Gasteiger partial charge in [0.05, 0.1) is 12.7 Å². The summed E-state index contributed by atoms with van der Waals surface area (Å²) >= 11 is 0. The number of ether oxygens (including phenoxy) is 1. The minimum absolute atomic E-state index is 0.403. The highest BCUT2D eigenvalue weighted by atomic mass is 16.5. The lowest BCUT2D eigenvalue weighted by atomic mass is 10.1. The van der Waals surface area contributed by atoms with Crippen molar-refractivity contribution in [1.29, 1.82) is 0 Å². The van der Waals surface area contributed by atoms with Crippen molar-refractivity contribution in [2.75, 3.05) is 6.61 Å². The molecule has 0 bridgehead atoms. The van der Waals surface area contributed by atoms with Crippen LogP contribution in [0.15, 0.2) is 60.7 Å². The number of rotatable bonds is 8. The third-order valence-electron chi connectivity index (χ3n) is 3.50. The molecule has 2 aromatic carbocycles. The van der Waals surface area contributed by atoms with Crippen molar-refractivity contribution < 1.29 is 9.84 Å². The average molecular weight is 296 g/mol. The lowest BCUT2D eigenvalue weighted by Gasteiger charge is -2.04. The number of aliphatic hydroxyl groups excluding tert-OH is 1. The van der Waals surface area contributed by atoms with Crippen molar-refractivity contribution in [2.24, 2.45) is 0 Å². The van der Waals surface area contributed by atoms with Gasteiger partial charge in [0.15, 0.2) is 0 Å². The van der Waals surface area contributed by atoms with Crippen LogP contribution in [-0.2, 0) is 11.3 Å².